The molecule has 2 rings (SSSR count). The van der Waals surface area contributed by atoms with Crippen LogP contribution >= 0.6 is 0 Å². The molecule has 0 bridgehead atoms. The molecule has 0 aliphatic carbocycles. The number of carbonyl (C=O) groups is 2. The fourth-order valence-electron chi connectivity index (χ4n) is 2.45. The van der Waals surface area contributed by atoms with E-state index in [4.69, 9.17) is 4.74 Å². The first kappa shape index (κ1) is 19.5. The zero-order valence-electron chi connectivity index (χ0n) is 15.1. The maximum Gasteiger partial charge on any atom is 0.326 e. The van der Waals surface area contributed by atoms with E-state index in [9.17, 15) is 14.7 Å². The van der Waals surface area contributed by atoms with Crippen molar-refractivity contribution in [2.45, 2.75) is 32.7 Å². The fraction of sp³-hybridized carbons (Fsp3) is 0.333. The van der Waals surface area contributed by atoms with Crippen molar-refractivity contribution in [2.75, 3.05) is 6.61 Å². The van der Waals surface area contributed by atoms with Crippen molar-refractivity contribution in [1.82, 2.24) is 5.32 Å². The first-order valence-corrected chi connectivity index (χ1v) is 8.72. The molecule has 2 aromatic rings. The number of benzene rings is 2. The predicted octanol–water partition coefficient (Wildman–Crippen LogP) is 3.08. The van der Waals surface area contributed by atoms with Crippen molar-refractivity contribution in [3.05, 3.63) is 65.7 Å². The smallest absolute Gasteiger partial charge is 0.326 e. The first-order valence-electron chi connectivity index (χ1n) is 8.72. The van der Waals surface area contributed by atoms with Gasteiger partial charge in [0.1, 0.15) is 11.8 Å². The van der Waals surface area contributed by atoms with Crippen LogP contribution in [0.25, 0.3) is 0 Å². The molecule has 0 radical (unpaired) electrons. The summed E-state index contributed by atoms with van der Waals surface area (Å²) in [5, 5.41) is 12.0. The van der Waals surface area contributed by atoms with E-state index in [1.165, 1.54) is 0 Å². The number of nitrogens with one attached hydrogen (secondary N) is 1. The molecule has 1 amide bonds. The third-order valence-electron chi connectivity index (χ3n) is 3.79. The lowest BCUT2D eigenvalue weighted by Gasteiger charge is -2.15. The van der Waals surface area contributed by atoms with E-state index in [1.807, 2.05) is 54.6 Å². The summed E-state index contributed by atoms with van der Waals surface area (Å²) in [6, 6.07) is 15.6. The fourth-order valence-corrected chi connectivity index (χ4v) is 2.45. The second kappa shape index (κ2) is 9.61. The number of aliphatic carboxylic acids is 1. The van der Waals surface area contributed by atoms with Crippen LogP contribution < -0.4 is 10.1 Å². The lowest BCUT2D eigenvalue weighted by atomic mass is 10.1. The Morgan fingerprint density at radius 1 is 1.00 bits per heavy atom. The third-order valence-corrected chi connectivity index (χ3v) is 3.79. The van der Waals surface area contributed by atoms with Crippen LogP contribution in [0.5, 0.6) is 5.75 Å². The average Bonchev–Trinajstić information content (AvgIpc) is 2.61. The molecule has 26 heavy (non-hydrogen) atoms. The minimum Gasteiger partial charge on any atom is -0.493 e. The Labute approximate surface area is 154 Å². The molecule has 2 aromatic carbocycles. The Morgan fingerprint density at radius 3 is 2.23 bits per heavy atom. The van der Waals surface area contributed by atoms with Gasteiger partial charge in [-0.2, -0.15) is 0 Å². The van der Waals surface area contributed by atoms with Gasteiger partial charge >= 0.3 is 5.97 Å². The Balaban J connectivity index is 1.90. The molecule has 0 saturated carbocycles. The Kier molecular flexibility index (Phi) is 7.21. The van der Waals surface area contributed by atoms with E-state index in [1.54, 1.807) is 0 Å². The minimum absolute atomic E-state index is 0.128. The molecule has 1 atom stereocenters. The van der Waals surface area contributed by atoms with E-state index >= 15 is 0 Å². The lowest BCUT2D eigenvalue weighted by molar-refractivity contribution is -0.141. The standard InChI is InChI=1S/C21H25NO4/c1-15(2)14-26-18-10-8-17(9-11-18)13-20(23)22-19(21(24)25)12-16-6-4-3-5-7-16/h3-11,15,19H,12-14H2,1-2H3,(H,22,23)(H,24,25). The van der Waals surface area contributed by atoms with Crippen LogP contribution in [0.2, 0.25) is 0 Å². The molecule has 0 aliphatic rings. The van der Waals surface area contributed by atoms with Gasteiger partial charge in [-0.05, 0) is 29.2 Å². The normalized spacial score (nSPS) is 11.8. The second-order valence-electron chi connectivity index (χ2n) is 6.67. The first-order chi connectivity index (χ1) is 12.4. The summed E-state index contributed by atoms with van der Waals surface area (Å²) < 4.78 is 5.61. The molecule has 0 aliphatic heterocycles. The van der Waals surface area contributed by atoms with Crippen molar-refractivity contribution >= 4 is 11.9 Å². The number of hydrogen-bond acceptors (Lipinski definition) is 3. The van der Waals surface area contributed by atoms with Crippen LogP contribution in [-0.4, -0.2) is 29.6 Å². The van der Waals surface area contributed by atoms with Gasteiger partial charge in [0.2, 0.25) is 5.91 Å². The molecular formula is C21H25NO4. The van der Waals surface area contributed by atoms with Gasteiger partial charge in [0.25, 0.3) is 0 Å². The highest BCUT2D eigenvalue weighted by Crippen LogP contribution is 2.14. The van der Waals surface area contributed by atoms with E-state index < -0.39 is 12.0 Å². The number of carboxylic acid groups (broad SMARTS) is 1. The number of hydrogen-bond donors (Lipinski definition) is 2. The highest BCUT2D eigenvalue weighted by Gasteiger charge is 2.20. The van der Waals surface area contributed by atoms with Crippen molar-refractivity contribution in [3.8, 4) is 5.75 Å². The van der Waals surface area contributed by atoms with Crippen molar-refractivity contribution in [1.29, 1.82) is 0 Å². The Morgan fingerprint density at radius 2 is 1.65 bits per heavy atom. The minimum atomic E-state index is -1.04. The van der Waals surface area contributed by atoms with Crippen molar-refractivity contribution in [3.63, 3.8) is 0 Å². The zero-order valence-corrected chi connectivity index (χ0v) is 15.1. The van der Waals surface area contributed by atoms with Crippen LogP contribution in [0.15, 0.2) is 54.6 Å². The molecule has 0 saturated heterocycles. The molecular weight excluding hydrogens is 330 g/mol. The Bertz CT molecular complexity index is 711. The van der Waals surface area contributed by atoms with Gasteiger partial charge in [0.05, 0.1) is 13.0 Å². The van der Waals surface area contributed by atoms with Gasteiger partial charge in [-0.15, -0.1) is 0 Å². The second-order valence-corrected chi connectivity index (χ2v) is 6.67. The molecule has 0 heterocycles. The van der Waals surface area contributed by atoms with Crippen molar-refractivity contribution in [2.24, 2.45) is 5.92 Å². The van der Waals surface area contributed by atoms with E-state index in [2.05, 4.69) is 19.2 Å². The summed E-state index contributed by atoms with van der Waals surface area (Å²) in [5.41, 5.74) is 1.68. The number of amides is 1. The van der Waals surface area contributed by atoms with E-state index in [-0.39, 0.29) is 18.7 Å². The monoisotopic (exact) mass is 355 g/mol. The maximum atomic E-state index is 12.2. The highest BCUT2D eigenvalue weighted by atomic mass is 16.5. The summed E-state index contributed by atoms with van der Waals surface area (Å²) in [6.07, 6.45) is 0.382. The largest absolute Gasteiger partial charge is 0.493 e. The van der Waals surface area contributed by atoms with Gasteiger partial charge in [0, 0.05) is 6.42 Å². The summed E-state index contributed by atoms with van der Waals surface area (Å²) in [6.45, 7) is 4.79. The number of ether oxygens (including phenoxy) is 1. The van der Waals surface area contributed by atoms with Crippen LogP contribution in [0.4, 0.5) is 0 Å². The molecule has 5 heteroatoms. The molecule has 1 unspecified atom stereocenters. The molecule has 0 fully saturated rings. The van der Waals surface area contributed by atoms with Crippen molar-refractivity contribution < 1.29 is 19.4 Å². The van der Waals surface area contributed by atoms with Crippen LogP contribution in [-0.2, 0) is 22.4 Å². The van der Waals surface area contributed by atoms with Gasteiger partial charge in [-0.1, -0.05) is 56.3 Å². The maximum absolute atomic E-state index is 12.2. The van der Waals surface area contributed by atoms with Crippen LogP contribution in [0, 0.1) is 5.92 Å². The van der Waals surface area contributed by atoms with Gasteiger partial charge in [-0.25, -0.2) is 4.79 Å². The van der Waals surface area contributed by atoms with Gasteiger partial charge in [-0.3, -0.25) is 4.79 Å². The summed E-state index contributed by atoms with van der Waals surface area (Å²) in [7, 11) is 0. The highest BCUT2D eigenvalue weighted by molar-refractivity contribution is 5.85. The molecule has 0 spiro atoms. The van der Waals surface area contributed by atoms with E-state index in [0.29, 0.717) is 12.5 Å². The zero-order chi connectivity index (χ0) is 18.9. The predicted molar refractivity (Wildman–Crippen MR) is 100 cm³/mol. The summed E-state index contributed by atoms with van der Waals surface area (Å²) in [4.78, 5) is 23.6. The van der Waals surface area contributed by atoms with E-state index in [0.717, 1.165) is 16.9 Å². The number of rotatable bonds is 9. The van der Waals surface area contributed by atoms with Gasteiger partial charge < -0.3 is 15.2 Å². The molecule has 5 nitrogen and oxygen atoms in total. The van der Waals surface area contributed by atoms with Gasteiger partial charge in [0.15, 0.2) is 0 Å². The average molecular weight is 355 g/mol. The molecule has 2 N–H and O–H groups in total. The summed E-state index contributed by atoms with van der Waals surface area (Å²) >= 11 is 0. The van der Waals surface area contributed by atoms with Crippen LogP contribution in [0.1, 0.15) is 25.0 Å². The topological polar surface area (TPSA) is 75.6 Å². The quantitative estimate of drug-likeness (QED) is 0.725. The lowest BCUT2D eigenvalue weighted by Crippen LogP contribution is -2.43. The number of carboxylic acids is 1. The number of carbonyl (C=O) groups excluding carboxylic acids is 1. The molecule has 138 valence electrons. The SMILES string of the molecule is CC(C)COc1ccc(CC(=O)NC(Cc2ccccc2)C(=O)O)cc1. The molecule has 0 aromatic heterocycles. The van der Waals surface area contributed by atoms with Crippen LogP contribution in [0.3, 0.4) is 0 Å². The summed E-state index contributed by atoms with van der Waals surface area (Å²) in [5.74, 6) is -0.155. The third kappa shape index (κ3) is 6.59. The Hall–Kier alpha value is -2.82.